The summed E-state index contributed by atoms with van der Waals surface area (Å²) in [5, 5.41) is 4.27. The molecule has 5 nitrogen and oxygen atoms in total. The molecule has 0 radical (unpaired) electrons. The van der Waals surface area contributed by atoms with Crippen molar-refractivity contribution >= 4 is 45.8 Å². The van der Waals surface area contributed by atoms with E-state index in [1.54, 1.807) is 31.4 Å². The molecule has 1 aromatic heterocycles. The van der Waals surface area contributed by atoms with Crippen LogP contribution in [-0.2, 0) is 11.3 Å². The molecule has 29 heavy (non-hydrogen) atoms. The number of nitrogens with one attached hydrogen (secondary N) is 1. The fourth-order valence-electron chi connectivity index (χ4n) is 3.49. The lowest BCUT2D eigenvalue weighted by atomic mass is 9.93. The van der Waals surface area contributed by atoms with Crippen LogP contribution in [-0.4, -0.2) is 29.4 Å². The average molecular weight is 431 g/mol. The number of halogens is 2. The van der Waals surface area contributed by atoms with E-state index in [0.717, 1.165) is 30.3 Å². The van der Waals surface area contributed by atoms with Crippen molar-refractivity contribution in [1.82, 2.24) is 9.88 Å². The van der Waals surface area contributed by atoms with Gasteiger partial charge < -0.3 is 14.6 Å². The van der Waals surface area contributed by atoms with Crippen LogP contribution in [0.3, 0.4) is 0 Å². The number of fused-ring (bicyclic) bond motifs is 1. The number of benzene rings is 2. The van der Waals surface area contributed by atoms with Gasteiger partial charge in [-0.05, 0) is 55.2 Å². The molecule has 1 heterocycles. The van der Waals surface area contributed by atoms with Gasteiger partial charge in [0.15, 0.2) is 0 Å². The Kier molecular flexibility index (Phi) is 5.52. The van der Waals surface area contributed by atoms with Crippen LogP contribution in [0.25, 0.3) is 10.9 Å². The molecule has 0 aliphatic heterocycles. The van der Waals surface area contributed by atoms with Crippen LogP contribution in [0.4, 0.5) is 0 Å². The summed E-state index contributed by atoms with van der Waals surface area (Å²) in [6.07, 6.45) is 2.87. The molecule has 150 valence electrons. The second-order valence-corrected chi connectivity index (χ2v) is 7.99. The summed E-state index contributed by atoms with van der Waals surface area (Å²) in [6, 6.07) is 12.9. The van der Waals surface area contributed by atoms with Gasteiger partial charge in [0.25, 0.3) is 11.7 Å². The van der Waals surface area contributed by atoms with E-state index in [-0.39, 0.29) is 16.8 Å². The number of carbonyl (C=O) groups is 2. The fraction of sp³-hybridized carbons (Fsp3) is 0.273. The lowest BCUT2D eigenvalue weighted by Crippen LogP contribution is -2.43. The van der Waals surface area contributed by atoms with Crippen molar-refractivity contribution < 1.29 is 14.3 Å². The van der Waals surface area contributed by atoms with Crippen LogP contribution in [0.2, 0.25) is 10.2 Å². The van der Waals surface area contributed by atoms with Crippen LogP contribution in [0.1, 0.15) is 35.2 Å². The van der Waals surface area contributed by atoms with E-state index in [1.807, 2.05) is 22.8 Å². The Morgan fingerprint density at radius 2 is 1.86 bits per heavy atom. The molecule has 1 saturated carbocycles. The molecule has 4 rings (SSSR count). The summed E-state index contributed by atoms with van der Waals surface area (Å²) in [5.74, 6) is -0.661. The first kappa shape index (κ1) is 19.8. The number of methoxy groups -OCH3 is 1. The predicted octanol–water partition coefficient (Wildman–Crippen LogP) is 4.86. The number of ketones is 1. The number of carbonyl (C=O) groups excluding carboxylic acids is 2. The van der Waals surface area contributed by atoms with E-state index >= 15 is 0 Å². The highest BCUT2D eigenvalue weighted by molar-refractivity contribution is 6.49. The van der Waals surface area contributed by atoms with Crippen molar-refractivity contribution in [2.75, 3.05) is 7.11 Å². The Balaban J connectivity index is 1.77. The number of ether oxygens (including phenoxy) is 1. The van der Waals surface area contributed by atoms with Crippen LogP contribution in [0.5, 0.6) is 5.75 Å². The first-order valence-corrected chi connectivity index (χ1v) is 10.2. The van der Waals surface area contributed by atoms with Crippen LogP contribution in [0.15, 0.2) is 42.5 Å². The SMILES string of the molecule is COc1ccc2c(c1)c(C(=O)C(=O)NC1CCC1)c(Cl)n2Cc1ccc(Cl)cc1. The molecule has 3 aromatic rings. The zero-order valence-corrected chi connectivity index (χ0v) is 17.4. The molecule has 0 saturated heterocycles. The van der Waals surface area contributed by atoms with Crippen molar-refractivity contribution in [2.24, 2.45) is 0 Å². The van der Waals surface area contributed by atoms with Gasteiger partial charge in [-0.2, -0.15) is 0 Å². The van der Waals surface area contributed by atoms with Crippen LogP contribution in [0, 0.1) is 0 Å². The Morgan fingerprint density at radius 1 is 1.14 bits per heavy atom. The number of rotatable bonds is 6. The molecule has 7 heteroatoms. The van der Waals surface area contributed by atoms with E-state index in [4.69, 9.17) is 27.9 Å². The van der Waals surface area contributed by atoms with Gasteiger partial charge in [0.1, 0.15) is 10.9 Å². The molecule has 1 aliphatic rings. The monoisotopic (exact) mass is 430 g/mol. The quantitative estimate of drug-likeness (QED) is 0.448. The minimum Gasteiger partial charge on any atom is -0.497 e. The molecule has 2 aromatic carbocycles. The van der Waals surface area contributed by atoms with Crippen LogP contribution >= 0.6 is 23.2 Å². The number of hydrogen-bond donors (Lipinski definition) is 1. The Morgan fingerprint density at radius 3 is 2.48 bits per heavy atom. The molecule has 0 spiro atoms. The van der Waals surface area contributed by atoms with Gasteiger partial charge in [-0.3, -0.25) is 9.59 Å². The van der Waals surface area contributed by atoms with Crippen molar-refractivity contribution in [3.05, 3.63) is 63.8 Å². The molecule has 0 bridgehead atoms. The lowest BCUT2D eigenvalue weighted by molar-refractivity contribution is -0.118. The topological polar surface area (TPSA) is 60.3 Å². The van der Waals surface area contributed by atoms with E-state index in [0.29, 0.717) is 22.7 Å². The first-order valence-electron chi connectivity index (χ1n) is 9.43. The van der Waals surface area contributed by atoms with Crippen LogP contribution < -0.4 is 10.1 Å². The van der Waals surface area contributed by atoms with E-state index in [1.165, 1.54) is 0 Å². The van der Waals surface area contributed by atoms with E-state index in [9.17, 15) is 9.59 Å². The largest absolute Gasteiger partial charge is 0.497 e. The minimum absolute atomic E-state index is 0.0715. The number of nitrogens with zero attached hydrogens (tertiary/aromatic N) is 1. The predicted molar refractivity (Wildman–Crippen MR) is 114 cm³/mol. The van der Waals surface area contributed by atoms with Crippen molar-refractivity contribution in [3.8, 4) is 5.75 Å². The maximum absolute atomic E-state index is 13.0. The van der Waals surface area contributed by atoms with Gasteiger partial charge in [-0.25, -0.2) is 0 Å². The van der Waals surface area contributed by atoms with E-state index < -0.39 is 11.7 Å². The highest BCUT2D eigenvalue weighted by Gasteiger charge is 2.29. The zero-order valence-electron chi connectivity index (χ0n) is 15.9. The summed E-state index contributed by atoms with van der Waals surface area (Å²) < 4.78 is 7.13. The van der Waals surface area contributed by atoms with Gasteiger partial charge in [-0.15, -0.1) is 0 Å². The molecule has 1 amide bonds. The molecule has 0 atom stereocenters. The van der Waals surface area contributed by atoms with Gasteiger partial charge in [-0.1, -0.05) is 35.3 Å². The molecule has 1 N–H and O–H groups in total. The fourth-order valence-corrected chi connectivity index (χ4v) is 3.95. The third-order valence-corrected chi connectivity index (χ3v) is 5.98. The Labute approximate surface area is 178 Å². The number of hydrogen-bond acceptors (Lipinski definition) is 3. The summed E-state index contributed by atoms with van der Waals surface area (Å²) in [4.78, 5) is 25.5. The summed E-state index contributed by atoms with van der Waals surface area (Å²) >= 11 is 12.6. The molecular weight excluding hydrogens is 411 g/mol. The second kappa shape index (κ2) is 8.09. The van der Waals surface area contributed by atoms with Gasteiger partial charge in [0, 0.05) is 23.0 Å². The smallest absolute Gasteiger partial charge is 0.292 e. The summed E-state index contributed by atoms with van der Waals surface area (Å²) in [6.45, 7) is 0.441. The maximum atomic E-state index is 13.0. The van der Waals surface area contributed by atoms with Gasteiger partial charge in [0.05, 0.1) is 18.2 Å². The van der Waals surface area contributed by atoms with Crippen molar-refractivity contribution in [1.29, 1.82) is 0 Å². The highest BCUT2D eigenvalue weighted by Crippen LogP contribution is 2.34. The van der Waals surface area contributed by atoms with Crippen molar-refractivity contribution in [2.45, 2.75) is 31.8 Å². The Bertz CT molecular complexity index is 1090. The molecule has 0 unspecified atom stereocenters. The van der Waals surface area contributed by atoms with E-state index in [2.05, 4.69) is 5.32 Å². The zero-order chi connectivity index (χ0) is 20.5. The first-order chi connectivity index (χ1) is 14.0. The molecule has 1 aliphatic carbocycles. The average Bonchev–Trinajstić information content (AvgIpc) is 2.96. The third kappa shape index (κ3) is 3.85. The van der Waals surface area contributed by atoms with Gasteiger partial charge >= 0.3 is 0 Å². The number of aromatic nitrogens is 1. The summed E-state index contributed by atoms with van der Waals surface area (Å²) in [7, 11) is 1.55. The summed E-state index contributed by atoms with van der Waals surface area (Å²) in [5.41, 5.74) is 1.93. The van der Waals surface area contributed by atoms with Crippen molar-refractivity contribution in [3.63, 3.8) is 0 Å². The minimum atomic E-state index is -0.630. The third-order valence-electron chi connectivity index (χ3n) is 5.33. The van der Waals surface area contributed by atoms with Gasteiger partial charge in [0.2, 0.25) is 0 Å². The normalized spacial score (nSPS) is 13.9. The number of Topliss-reactive ketones (excluding diaryl/α,β-unsaturated/α-hetero) is 1. The molecular formula is C22H20Cl2N2O3. The maximum Gasteiger partial charge on any atom is 0.292 e. The number of amides is 1. The lowest BCUT2D eigenvalue weighted by Gasteiger charge is -2.25. The standard InChI is InChI=1S/C22H20Cl2N2O3/c1-29-16-9-10-18-17(11-16)19(20(27)22(28)25-15-3-2-4-15)21(24)26(18)12-13-5-7-14(23)8-6-13/h5-11,15H,2-4,12H2,1H3,(H,25,28). The second-order valence-electron chi connectivity index (χ2n) is 7.19. The Hall–Kier alpha value is -2.50. The molecule has 1 fully saturated rings. The highest BCUT2D eigenvalue weighted by atomic mass is 35.5.